The highest BCUT2D eigenvalue weighted by Crippen LogP contribution is 2.33. The normalized spacial score (nSPS) is 11.9. The molecule has 0 saturated heterocycles. The first-order valence-electron chi connectivity index (χ1n) is 12.2. The Balaban J connectivity index is 1.52. The molecule has 0 aliphatic carbocycles. The lowest BCUT2D eigenvalue weighted by atomic mass is 10.1. The summed E-state index contributed by atoms with van der Waals surface area (Å²) >= 11 is 12.5. The highest BCUT2D eigenvalue weighted by atomic mass is 35.5. The monoisotopic (exact) mass is 559 g/mol. The van der Waals surface area contributed by atoms with Crippen molar-refractivity contribution in [1.29, 1.82) is 0 Å². The van der Waals surface area contributed by atoms with E-state index in [0.29, 0.717) is 27.0 Å². The number of carboxylic acids is 1. The quantitative estimate of drug-likeness (QED) is 0.231. The van der Waals surface area contributed by atoms with Crippen molar-refractivity contribution in [2.45, 2.75) is 19.4 Å². The first kappa shape index (κ1) is 26.3. The number of aliphatic carboxylic acids is 1. The largest absolute Gasteiger partial charge is 0.481 e. The van der Waals surface area contributed by atoms with Gasteiger partial charge in [0, 0.05) is 27.7 Å². The average molecular weight is 560 g/mol. The van der Waals surface area contributed by atoms with Crippen LogP contribution in [-0.2, 0) is 4.79 Å². The second-order valence-electron chi connectivity index (χ2n) is 8.96. The Hall–Kier alpha value is -4.27. The molecular weight excluding hydrogens is 537 g/mol. The smallest absolute Gasteiger partial charge is 0.305 e. The summed E-state index contributed by atoms with van der Waals surface area (Å²) in [5.41, 5.74) is 5.75. The van der Waals surface area contributed by atoms with Crippen LogP contribution < -0.4 is 5.32 Å². The molecule has 1 amide bonds. The first-order chi connectivity index (χ1) is 18.8. The summed E-state index contributed by atoms with van der Waals surface area (Å²) in [5.74, 6) is -1.30. The van der Waals surface area contributed by atoms with E-state index in [1.54, 1.807) is 36.5 Å². The van der Waals surface area contributed by atoms with E-state index in [9.17, 15) is 9.59 Å². The third-order valence-electron chi connectivity index (χ3n) is 6.25. The Morgan fingerprint density at radius 3 is 2.33 bits per heavy atom. The van der Waals surface area contributed by atoms with Crippen molar-refractivity contribution in [3.63, 3.8) is 0 Å². The molecule has 0 aliphatic rings. The number of carbonyl (C=O) groups is 2. The summed E-state index contributed by atoms with van der Waals surface area (Å²) in [6.45, 7) is 2.06. The van der Waals surface area contributed by atoms with Crippen molar-refractivity contribution < 1.29 is 14.7 Å². The summed E-state index contributed by atoms with van der Waals surface area (Å²) in [5, 5.41) is 17.3. The van der Waals surface area contributed by atoms with Gasteiger partial charge in [0.15, 0.2) is 0 Å². The van der Waals surface area contributed by atoms with Gasteiger partial charge in [-0.1, -0.05) is 47.5 Å². The van der Waals surface area contributed by atoms with E-state index >= 15 is 0 Å². The van der Waals surface area contributed by atoms with Gasteiger partial charge in [0.2, 0.25) is 0 Å². The van der Waals surface area contributed by atoms with E-state index in [-0.39, 0.29) is 24.9 Å². The molecule has 2 heterocycles. The molecule has 5 rings (SSSR count). The van der Waals surface area contributed by atoms with Gasteiger partial charge in [-0.25, -0.2) is 4.98 Å². The lowest BCUT2D eigenvalue weighted by Gasteiger charge is -2.16. The minimum atomic E-state index is -0.968. The fourth-order valence-electron chi connectivity index (χ4n) is 4.24. The number of carbonyl (C=O) groups excluding carboxylic acids is 1. The third kappa shape index (κ3) is 5.92. The van der Waals surface area contributed by atoms with Crippen molar-refractivity contribution in [2.24, 2.45) is 0 Å². The lowest BCUT2D eigenvalue weighted by molar-refractivity contribution is -0.136. The Labute approximate surface area is 234 Å². The van der Waals surface area contributed by atoms with Gasteiger partial charge in [0.05, 0.1) is 41.1 Å². The first-order valence-corrected chi connectivity index (χ1v) is 12.9. The van der Waals surface area contributed by atoms with Crippen LogP contribution in [0.5, 0.6) is 0 Å². The molecule has 1 atom stereocenters. The minimum Gasteiger partial charge on any atom is -0.481 e. The van der Waals surface area contributed by atoms with Crippen LogP contribution in [0, 0.1) is 0 Å². The number of carboxylic acid groups (broad SMARTS) is 1. The Kier molecular flexibility index (Phi) is 7.58. The summed E-state index contributed by atoms with van der Waals surface area (Å²) in [6, 6.07) is 21.7. The molecular formula is C29H23Cl2N5O3. The third-order valence-corrected chi connectivity index (χ3v) is 6.69. The molecule has 5 aromatic rings. The lowest BCUT2D eigenvalue weighted by Crippen LogP contribution is -2.26. The summed E-state index contributed by atoms with van der Waals surface area (Å²) < 4.78 is 1.87. The van der Waals surface area contributed by atoms with Gasteiger partial charge in [-0.05, 0) is 61.0 Å². The summed E-state index contributed by atoms with van der Waals surface area (Å²) in [7, 11) is 0. The molecule has 8 nitrogen and oxygen atoms in total. The van der Waals surface area contributed by atoms with Gasteiger partial charge < -0.3 is 10.4 Å². The van der Waals surface area contributed by atoms with Crippen LogP contribution in [0.15, 0.2) is 79.0 Å². The molecule has 0 spiro atoms. The Morgan fingerprint density at radius 2 is 1.64 bits per heavy atom. The van der Waals surface area contributed by atoms with Crippen molar-refractivity contribution in [3.8, 4) is 22.6 Å². The molecule has 0 fully saturated rings. The summed E-state index contributed by atoms with van der Waals surface area (Å²) in [6.07, 6.45) is 1.59. The van der Waals surface area contributed by atoms with Crippen LogP contribution >= 0.6 is 23.2 Å². The molecule has 0 bridgehead atoms. The fourth-order valence-corrected chi connectivity index (χ4v) is 4.77. The maximum Gasteiger partial charge on any atom is 0.305 e. The van der Waals surface area contributed by atoms with Gasteiger partial charge in [0.25, 0.3) is 5.91 Å². The van der Waals surface area contributed by atoms with Gasteiger partial charge in [0.1, 0.15) is 5.69 Å². The number of halogens is 2. The molecule has 1 unspecified atom stereocenters. The average Bonchev–Trinajstić information content (AvgIpc) is 3.37. The number of hydrogen-bond donors (Lipinski definition) is 2. The molecule has 3 aromatic carbocycles. The number of rotatable bonds is 8. The van der Waals surface area contributed by atoms with Gasteiger partial charge >= 0.3 is 5.97 Å². The van der Waals surface area contributed by atoms with Crippen molar-refractivity contribution in [3.05, 3.63) is 100 Å². The second-order valence-corrected chi connectivity index (χ2v) is 9.83. The number of fused-ring (bicyclic) bond motifs is 1. The van der Waals surface area contributed by atoms with Gasteiger partial charge in [-0.2, -0.15) is 5.10 Å². The zero-order valence-electron chi connectivity index (χ0n) is 20.8. The number of aromatic nitrogens is 4. The Morgan fingerprint density at radius 1 is 0.949 bits per heavy atom. The van der Waals surface area contributed by atoms with E-state index in [1.807, 2.05) is 54.1 Å². The molecule has 10 heteroatoms. The van der Waals surface area contributed by atoms with E-state index in [2.05, 4.69) is 10.3 Å². The zero-order chi connectivity index (χ0) is 27.5. The fraction of sp³-hybridized carbons (Fsp3) is 0.138. The number of nitrogens with zero attached hydrogens (tertiary/aromatic N) is 4. The highest BCUT2D eigenvalue weighted by Gasteiger charge is 2.20. The predicted molar refractivity (Wildman–Crippen MR) is 151 cm³/mol. The standard InChI is InChI=1S/C29H23Cl2N5O3/c1-17(18-6-8-19(9-7-18)29(39)32-11-10-28(37)38)36-27(26-16-33-23-4-2-3-5-24(23)34-26)15-25(35-36)20-12-21(30)14-22(31)13-20/h2-9,12-17H,10-11H2,1H3,(H,32,39)(H,37,38). The number of hydrogen-bond acceptors (Lipinski definition) is 5. The molecule has 2 aromatic heterocycles. The maximum atomic E-state index is 12.4. The number of benzene rings is 3. The van der Waals surface area contributed by atoms with Crippen LogP contribution in [0.1, 0.15) is 35.3 Å². The van der Waals surface area contributed by atoms with Crippen molar-refractivity contribution in [1.82, 2.24) is 25.1 Å². The number of nitrogens with one attached hydrogen (secondary N) is 1. The van der Waals surface area contributed by atoms with Crippen molar-refractivity contribution >= 4 is 46.1 Å². The van der Waals surface area contributed by atoms with Gasteiger partial charge in [-0.3, -0.25) is 19.3 Å². The highest BCUT2D eigenvalue weighted by molar-refractivity contribution is 6.35. The maximum absolute atomic E-state index is 12.4. The van der Waals surface area contributed by atoms with Crippen LogP contribution in [0.2, 0.25) is 10.0 Å². The van der Waals surface area contributed by atoms with E-state index in [4.69, 9.17) is 38.4 Å². The Bertz CT molecular complexity index is 1660. The molecule has 0 saturated carbocycles. The second kappa shape index (κ2) is 11.2. The van der Waals surface area contributed by atoms with E-state index in [0.717, 1.165) is 27.9 Å². The molecule has 196 valence electrons. The van der Waals surface area contributed by atoms with Gasteiger partial charge in [-0.15, -0.1) is 0 Å². The number of amides is 1. The zero-order valence-corrected chi connectivity index (χ0v) is 22.3. The van der Waals surface area contributed by atoms with E-state index in [1.165, 1.54) is 0 Å². The summed E-state index contributed by atoms with van der Waals surface area (Å²) in [4.78, 5) is 32.5. The molecule has 39 heavy (non-hydrogen) atoms. The van der Waals surface area contributed by atoms with Crippen molar-refractivity contribution in [2.75, 3.05) is 6.54 Å². The topological polar surface area (TPSA) is 110 Å². The number of para-hydroxylation sites is 2. The van der Waals surface area contributed by atoms with Crippen LogP contribution in [0.3, 0.4) is 0 Å². The molecule has 0 aliphatic heterocycles. The molecule has 2 N–H and O–H groups in total. The predicted octanol–water partition coefficient (Wildman–Crippen LogP) is 6.28. The van der Waals surface area contributed by atoms with Crippen LogP contribution in [-0.4, -0.2) is 43.3 Å². The minimum absolute atomic E-state index is 0.0616. The van der Waals surface area contributed by atoms with Crippen LogP contribution in [0.25, 0.3) is 33.7 Å². The molecule has 0 radical (unpaired) electrons. The van der Waals surface area contributed by atoms with E-state index < -0.39 is 5.97 Å². The SMILES string of the molecule is CC(c1ccc(C(=O)NCCC(=O)O)cc1)n1nc(-c2cc(Cl)cc(Cl)c2)cc1-c1cnc2ccccc2n1. The van der Waals surface area contributed by atoms with Crippen LogP contribution in [0.4, 0.5) is 0 Å².